The molecular formula is C12H18N4S. The van der Waals surface area contributed by atoms with Crippen LogP contribution >= 0.6 is 11.3 Å². The van der Waals surface area contributed by atoms with Crippen molar-refractivity contribution in [2.75, 3.05) is 0 Å². The second-order valence-electron chi connectivity index (χ2n) is 4.11. The summed E-state index contributed by atoms with van der Waals surface area (Å²) < 4.78 is 1.80. The molecule has 0 aromatic carbocycles. The minimum absolute atomic E-state index is 0.149. The molecule has 0 spiro atoms. The molecular weight excluding hydrogens is 232 g/mol. The Bertz CT molecular complexity index is 435. The Kier molecular flexibility index (Phi) is 4.30. The molecule has 2 heterocycles. The first kappa shape index (κ1) is 12.3. The summed E-state index contributed by atoms with van der Waals surface area (Å²) in [5.41, 5.74) is 3.85. The van der Waals surface area contributed by atoms with Crippen LogP contribution in [0.15, 0.2) is 29.8 Å². The van der Waals surface area contributed by atoms with Crippen LogP contribution in [0.25, 0.3) is 0 Å². The lowest BCUT2D eigenvalue weighted by Crippen LogP contribution is -2.28. The number of aryl methyl sites for hydroxylation is 2. The molecule has 0 saturated carbocycles. The van der Waals surface area contributed by atoms with Crippen molar-refractivity contribution in [2.24, 2.45) is 12.9 Å². The van der Waals surface area contributed by atoms with E-state index in [1.807, 2.05) is 30.6 Å². The minimum atomic E-state index is 0.149. The Morgan fingerprint density at radius 2 is 2.41 bits per heavy atom. The van der Waals surface area contributed by atoms with Gasteiger partial charge in [-0.2, -0.15) is 5.10 Å². The Hall–Kier alpha value is -1.17. The quantitative estimate of drug-likeness (QED) is 0.609. The van der Waals surface area contributed by atoms with E-state index in [2.05, 4.69) is 28.0 Å². The van der Waals surface area contributed by atoms with E-state index in [1.165, 1.54) is 4.88 Å². The molecule has 2 rings (SSSR count). The van der Waals surface area contributed by atoms with Gasteiger partial charge in [0.1, 0.15) is 0 Å². The van der Waals surface area contributed by atoms with Crippen molar-refractivity contribution < 1.29 is 0 Å². The van der Waals surface area contributed by atoms with Crippen molar-refractivity contribution in [3.63, 3.8) is 0 Å². The Labute approximate surface area is 105 Å². The van der Waals surface area contributed by atoms with Gasteiger partial charge in [0.05, 0.1) is 11.7 Å². The third-order valence-electron chi connectivity index (χ3n) is 2.79. The maximum atomic E-state index is 5.58. The largest absolute Gasteiger partial charge is 0.275 e. The molecule has 0 amide bonds. The molecule has 2 aromatic heterocycles. The molecule has 0 aliphatic carbocycles. The second kappa shape index (κ2) is 5.95. The number of aromatic nitrogens is 2. The highest BCUT2D eigenvalue weighted by Gasteiger charge is 2.11. The summed E-state index contributed by atoms with van der Waals surface area (Å²) in [6, 6.07) is 6.43. The van der Waals surface area contributed by atoms with Gasteiger partial charge in [-0.25, -0.2) is 0 Å². The normalized spacial score (nSPS) is 12.8. The maximum Gasteiger partial charge on any atom is 0.0807 e. The number of nitrogens with one attached hydrogen (secondary N) is 1. The maximum absolute atomic E-state index is 5.58. The molecule has 3 N–H and O–H groups in total. The van der Waals surface area contributed by atoms with E-state index in [9.17, 15) is 0 Å². The number of rotatable bonds is 6. The number of hydrogen-bond acceptors (Lipinski definition) is 4. The van der Waals surface area contributed by atoms with E-state index in [1.54, 1.807) is 4.68 Å². The third kappa shape index (κ3) is 3.39. The average molecular weight is 250 g/mol. The van der Waals surface area contributed by atoms with Gasteiger partial charge >= 0.3 is 0 Å². The molecule has 17 heavy (non-hydrogen) atoms. The van der Waals surface area contributed by atoms with Crippen molar-refractivity contribution >= 4 is 11.3 Å². The van der Waals surface area contributed by atoms with Gasteiger partial charge in [-0.15, -0.1) is 11.3 Å². The molecule has 0 aliphatic heterocycles. The monoisotopic (exact) mass is 250 g/mol. The average Bonchev–Trinajstić information content (AvgIpc) is 2.96. The molecule has 1 atom stereocenters. The number of nitrogens with two attached hydrogens (primary N) is 1. The van der Waals surface area contributed by atoms with Crippen molar-refractivity contribution in [1.29, 1.82) is 0 Å². The first-order valence-corrected chi connectivity index (χ1v) is 6.65. The molecule has 2 aromatic rings. The lowest BCUT2D eigenvalue weighted by atomic mass is 10.1. The lowest BCUT2D eigenvalue weighted by molar-refractivity contribution is 0.483. The van der Waals surface area contributed by atoms with Crippen LogP contribution in [0.4, 0.5) is 0 Å². The molecule has 0 bridgehead atoms. The van der Waals surface area contributed by atoms with Crippen LogP contribution in [0.2, 0.25) is 0 Å². The van der Waals surface area contributed by atoms with Crippen molar-refractivity contribution in [3.8, 4) is 0 Å². The number of thiophene rings is 1. The van der Waals surface area contributed by atoms with Gasteiger partial charge in [0.2, 0.25) is 0 Å². The molecule has 0 radical (unpaired) electrons. The SMILES string of the molecule is Cn1ccc(C(CCCc2cccs2)NN)n1. The first-order valence-electron chi connectivity index (χ1n) is 5.77. The smallest absolute Gasteiger partial charge is 0.0807 e. The standard InChI is InChI=1S/C12H18N4S/c1-16-8-7-12(15-16)11(14-13)6-2-4-10-5-3-9-17-10/h3,5,7-9,11,14H,2,4,6,13H2,1H3. The van der Waals surface area contributed by atoms with Crippen LogP contribution in [-0.4, -0.2) is 9.78 Å². The summed E-state index contributed by atoms with van der Waals surface area (Å²) in [6.07, 6.45) is 5.18. The second-order valence-corrected chi connectivity index (χ2v) is 5.14. The molecule has 0 aliphatic rings. The predicted molar refractivity (Wildman–Crippen MR) is 70.5 cm³/mol. The fraction of sp³-hybridized carbons (Fsp3) is 0.417. The Morgan fingerprint density at radius 3 is 3.00 bits per heavy atom. The van der Waals surface area contributed by atoms with Gasteiger partial charge in [-0.05, 0) is 36.8 Å². The van der Waals surface area contributed by atoms with Gasteiger partial charge in [0.25, 0.3) is 0 Å². The van der Waals surface area contributed by atoms with Crippen LogP contribution in [0.5, 0.6) is 0 Å². The zero-order chi connectivity index (χ0) is 12.1. The van der Waals surface area contributed by atoms with Crippen LogP contribution in [0, 0.1) is 0 Å². The Balaban J connectivity index is 1.84. The van der Waals surface area contributed by atoms with E-state index >= 15 is 0 Å². The molecule has 0 fully saturated rings. The fourth-order valence-electron chi connectivity index (χ4n) is 1.87. The summed E-state index contributed by atoms with van der Waals surface area (Å²) in [4.78, 5) is 1.43. The van der Waals surface area contributed by atoms with Crippen LogP contribution in [0.1, 0.15) is 29.5 Å². The van der Waals surface area contributed by atoms with Crippen molar-refractivity contribution in [2.45, 2.75) is 25.3 Å². The van der Waals surface area contributed by atoms with Gasteiger partial charge in [0.15, 0.2) is 0 Å². The minimum Gasteiger partial charge on any atom is -0.275 e. The summed E-state index contributed by atoms with van der Waals surface area (Å²) in [5, 5.41) is 6.49. The Morgan fingerprint density at radius 1 is 1.53 bits per heavy atom. The molecule has 92 valence electrons. The highest BCUT2D eigenvalue weighted by molar-refractivity contribution is 7.09. The highest BCUT2D eigenvalue weighted by atomic mass is 32.1. The van der Waals surface area contributed by atoms with Crippen LogP contribution in [-0.2, 0) is 13.5 Å². The molecule has 5 heteroatoms. The summed E-state index contributed by atoms with van der Waals surface area (Å²) in [7, 11) is 1.92. The predicted octanol–water partition coefficient (Wildman–Crippen LogP) is 2.01. The molecule has 1 unspecified atom stereocenters. The molecule has 4 nitrogen and oxygen atoms in total. The van der Waals surface area contributed by atoms with Crippen LogP contribution in [0.3, 0.4) is 0 Å². The summed E-state index contributed by atoms with van der Waals surface area (Å²) in [5.74, 6) is 5.58. The van der Waals surface area contributed by atoms with Gasteiger partial charge < -0.3 is 0 Å². The van der Waals surface area contributed by atoms with Crippen molar-refractivity contribution in [1.82, 2.24) is 15.2 Å². The van der Waals surface area contributed by atoms with E-state index in [4.69, 9.17) is 5.84 Å². The van der Waals surface area contributed by atoms with Gasteiger partial charge in [-0.1, -0.05) is 6.07 Å². The van der Waals surface area contributed by atoms with Gasteiger partial charge in [-0.3, -0.25) is 16.0 Å². The lowest BCUT2D eigenvalue weighted by Gasteiger charge is -2.12. The van der Waals surface area contributed by atoms with Gasteiger partial charge in [0, 0.05) is 18.1 Å². The van der Waals surface area contributed by atoms with Crippen molar-refractivity contribution in [3.05, 3.63) is 40.3 Å². The summed E-state index contributed by atoms with van der Waals surface area (Å²) >= 11 is 1.81. The van der Waals surface area contributed by atoms with E-state index in [0.29, 0.717) is 0 Å². The van der Waals surface area contributed by atoms with Crippen LogP contribution < -0.4 is 11.3 Å². The highest BCUT2D eigenvalue weighted by Crippen LogP contribution is 2.18. The molecule has 0 saturated heterocycles. The number of nitrogens with zero attached hydrogens (tertiary/aromatic N) is 2. The third-order valence-corrected chi connectivity index (χ3v) is 3.72. The summed E-state index contributed by atoms with van der Waals surface area (Å²) in [6.45, 7) is 0. The van der Waals surface area contributed by atoms with E-state index in [-0.39, 0.29) is 6.04 Å². The van der Waals surface area contributed by atoms with E-state index in [0.717, 1.165) is 25.0 Å². The number of hydrogen-bond donors (Lipinski definition) is 2. The van der Waals surface area contributed by atoms with E-state index < -0.39 is 0 Å². The number of hydrazine groups is 1. The zero-order valence-electron chi connectivity index (χ0n) is 9.97. The fourth-order valence-corrected chi connectivity index (χ4v) is 2.62. The first-order chi connectivity index (χ1) is 8.29. The topological polar surface area (TPSA) is 55.9 Å². The zero-order valence-corrected chi connectivity index (χ0v) is 10.8.